The van der Waals surface area contributed by atoms with Gasteiger partial charge in [-0.1, -0.05) is 0 Å². The summed E-state index contributed by atoms with van der Waals surface area (Å²) in [4.78, 5) is 47.2. The molecule has 0 radical (unpaired) electrons. The van der Waals surface area contributed by atoms with Gasteiger partial charge in [0.25, 0.3) is 11.6 Å². The lowest BCUT2D eigenvalue weighted by Crippen LogP contribution is -2.49. The van der Waals surface area contributed by atoms with E-state index < -0.39 is 17.5 Å². The smallest absolute Gasteiger partial charge is 0.344 e. The second-order valence-electron chi connectivity index (χ2n) is 7.36. The molecule has 0 aliphatic carbocycles. The summed E-state index contributed by atoms with van der Waals surface area (Å²) in [6.45, 7) is 1.59. The van der Waals surface area contributed by atoms with Crippen molar-refractivity contribution in [1.82, 2.24) is 14.9 Å². The summed E-state index contributed by atoms with van der Waals surface area (Å²) < 4.78 is 10.8. The number of aromatic nitrogens is 2. The molecule has 2 aromatic heterocycles. The maximum atomic E-state index is 12.6. The van der Waals surface area contributed by atoms with Crippen LogP contribution in [0.4, 0.5) is 11.4 Å². The standard InChI is InChI=1S/C23H21N5O6/c29-21(27-13-11-26(12-14-27)17-5-7-18(8-6-17)28(31)32)16-33-23(30)20-4-2-10-25-22(20)34-19-3-1-9-24-15-19/h1-10,15H,11-14,16H2. The number of anilines is 1. The van der Waals surface area contributed by atoms with Crippen LogP contribution in [0.3, 0.4) is 0 Å². The number of benzene rings is 1. The van der Waals surface area contributed by atoms with Gasteiger partial charge in [-0.05, 0) is 36.4 Å². The zero-order valence-electron chi connectivity index (χ0n) is 18.1. The molecular weight excluding hydrogens is 442 g/mol. The maximum absolute atomic E-state index is 12.6. The first kappa shape index (κ1) is 22.6. The number of non-ortho nitro benzene ring substituents is 1. The van der Waals surface area contributed by atoms with Crippen LogP contribution in [-0.2, 0) is 9.53 Å². The number of nitro groups is 1. The number of carbonyl (C=O) groups is 2. The molecule has 11 nitrogen and oxygen atoms in total. The molecule has 0 atom stereocenters. The van der Waals surface area contributed by atoms with E-state index in [-0.39, 0.29) is 23.0 Å². The lowest BCUT2D eigenvalue weighted by atomic mass is 10.2. The average molecular weight is 463 g/mol. The molecule has 0 bridgehead atoms. The molecule has 0 N–H and O–H groups in total. The van der Waals surface area contributed by atoms with Crippen molar-refractivity contribution in [1.29, 1.82) is 0 Å². The monoisotopic (exact) mass is 463 g/mol. The van der Waals surface area contributed by atoms with Crippen molar-refractivity contribution in [3.63, 3.8) is 0 Å². The first-order valence-electron chi connectivity index (χ1n) is 10.5. The van der Waals surface area contributed by atoms with Crippen LogP contribution in [0.25, 0.3) is 0 Å². The van der Waals surface area contributed by atoms with Crippen molar-refractivity contribution < 1.29 is 24.0 Å². The first-order chi connectivity index (χ1) is 16.5. The highest BCUT2D eigenvalue weighted by Gasteiger charge is 2.24. The van der Waals surface area contributed by atoms with Gasteiger partial charge in [0.1, 0.15) is 11.3 Å². The fraction of sp³-hybridized carbons (Fsp3) is 0.217. The van der Waals surface area contributed by atoms with Gasteiger partial charge in [0.05, 0.1) is 11.1 Å². The number of rotatable bonds is 7. The van der Waals surface area contributed by atoms with Crippen LogP contribution < -0.4 is 9.64 Å². The van der Waals surface area contributed by atoms with Gasteiger partial charge in [0, 0.05) is 56.4 Å². The van der Waals surface area contributed by atoms with Crippen LogP contribution in [0.15, 0.2) is 67.1 Å². The molecule has 0 unspecified atom stereocenters. The molecule has 4 rings (SSSR count). The highest BCUT2D eigenvalue weighted by atomic mass is 16.6. The summed E-state index contributed by atoms with van der Waals surface area (Å²) in [6, 6.07) is 12.7. The van der Waals surface area contributed by atoms with Crippen molar-refractivity contribution in [3.05, 3.63) is 82.8 Å². The Bertz CT molecular complexity index is 1160. The molecule has 174 valence electrons. The van der Waals surface area contributed by atoms with E-state index in [9.17, 15) is 19.7 Å². The molecule has 1 saturated heterocycles. The lowest BCUT2D eigenvalue weighted by molar-refractivity contribution is -0.384. The molecule has 1 aromatic carbocycles. The van der Waals surface area contributed by atoms with Gasteiger partial charge in [0.2, 0.25) is 5.88 Å². The number of hydrogen-bond acceptors (Lipinski definition) is 9. The van der Waals surface area contributed by atoms with Gasteiger partial charge in [-0.15, -0.1) is 0 Å². The van der Waals surface area contributed by atoms with E-state index in [0.29, 0.717) is 31.9 Å². The van der Waals surface area contributed by atoms with E-state index >= 15 is 0 Å². The third-order valence-corrected chi connectivity index (χ3v) is 5.22. The highest BCUT2D eigenvalue weighted by molar-refractivity contribution is 5.93. The fourth-order valence-corrected chi connectivity index (χ4v) is 3.44. The van der Waals surface area contributed by atoms with E-state index in [2.05, 4.69) is 9.97 Å². The Kier molecular flexibility index (Phi) is 6.92. The normalized spacial score (nSPS) is 13.3. The van der Waals surface area contributed by atoms with Gasteiger partial charge in [-0.2, -0.15) is 0 Å². The molecule has 0 spiro atoms. The van der Waals surface area contributed by atoms with Gasteiger partial charge < -0.3 is 19.3 Å². The largest absolute Gasteiger partial charge is 0.452 e. The molecule has 3 heterocycles. The number of hydrogen-bond donors (Lipinski definition) is 0. The van der Waals surface area contributed by atoms with Gasteiger partial charge >= 0.3 is 5.97 Å². The molecule has 11 heteroatoms. The van der Waals surface area contributed by atoms with Crippen LogP contribution in [0, 0.1) is 10.1 Å². The zero-order chi connectivity index (χ0) is 23.9. The number of pyridine rings is 2. The number of carbonyl (C=O) groups excluding carboxylic acids is 2. The van der Waals surface area contributed by atoms with Crippen molar-refractivity contribution in [2.75, 3.05) is 37.7 Å². The summed E-state index contributed by atoms with van der Waals surface area (Å²) in [5, 5.41) is 10.8. The van der Waals surface area contributed by atoms with Crippen LogP contribution in [-0.4, -0.2) is 64.5 Å². The Morgan fingerprint density at radius 1 is 1.00 bits per heavy atom. The van der Waals surface area contributed by atoms with E-state index in [0.717, 1.165) is 5.69 Å². The van der Waals surface area contributed by atoms with Crippen molar-refractivity contribution in [2.24, 2.45) is 0 Å². The predicted octanol–water partition coefficient (Wildman–Crippen LogP) is 2.68. The molecular formula is C23H21N5O6. The summed E-state index contributed by atoms with van der Waals surface area (Å²) in [6.07, 6.45) is 4.57. The maximum Gasteiger partial charge on any atom is 0.344 e. The molecule has 1 fully saturated rings. The summed E-state index contributed by atoms with van der Waals surface area (Å²) in [7, 11) is 0. The van der Waals surface area contributed by atoms with E-state index in [4.69, 9.17) is 9.47 Å². The van der Waals surface area contributed by atoms with E-state index in [1.165, 1.54) is 30.6 Å². The van der Waals surface area contributed by atoms with Crippen LogP contribution in [0.1, 0.15) is 10.4 Å². The Hall–Kier alpha value is -4.54. The van der Waals surface area contributed by atoms with Crippen LogP contribution >= 0.6 is 0 Å². The third kappa shape index (κ3) is 5.44. The minimum atomic E-state index is -0.718. The van der Waals surface area contributed by atoms with E-state index in [1.54, 1.807) is 41.4 Å². The minimum absolute atomic E-state index is 0.0296. The fourth-order valence-electron chi connectivity index (χ4n) is 3.44. The lowest BCUT2D eigenvalue weighted by Gasteiger charge is -2.36. The number of amides is 1. The zero-order valence-corrected chi connectivity index (χ0v) is 18.1. The number of ether oxygens (including phenoxy) is 2. The average Bonchev–Trinajstić information content (AvgIpc) is 2.88. The Morgan fingerprint density at radius 2 is 1.74 bits per heavy atom. The SMILES string of the molecule is O=C(OCC(=O)N1CCN(c2ccc([N+](=O)[O-])cc2)CC1)c1cccnc1Oc1cccnc1. The van der Waals surface area contributed by atoms with Gasteiger partial charge in [-0.3, -0.25) is 19.9 Å². The predicted molar refractivity (Wildman–Crippen MR) is 121 cm³/mol. The highest BCUT2D eigenvalue weighted by Crippen LogP contribution is 2.23. The second kappa shape index (κ2) is 10.4. The molecule has 1 amide bonds. The second-order valence-corrected chi connectivity index (χ2v) is 7.36. The van der Waals surface area contributed by atoms with Gasteiger partial charge in [-0.25, -0.2) is 9.78 Å². The number of nitro benzene ring substituents is 1. The van der Waals surface area contributed by atoms with Crippen LogP contribution in [0.2, 0.25) is 0 Å². The quantitative estimate of drug-likeness (QED) is 0.295. The van der Waals surface area contributed by atoms with Crippen molar-refractivity contribution in [2.45, 2.75) is 0 Å². The van der Waals surface area contributed by atoms with E-state index in [1.807, 2.05) is 4.90 Å². The molecule has 3 aromatic rings. The van der Waals surface area contributed by atoms with Crippen molar-refractivity contribution >= 4 is 23.3 Å². The number of piperazine rings is 1. The topological polar surface area (TPSA) is 128 Å². The Morgan fingerprint density at radius 3 is 2.41 bits per heavy atom. The van der Waals surface area contributed by atoms with Crippen molar-refractivity contribution in [3.8, 4) is 11.6 Å². The van der Waals surface area contributed by atoms with Crippen LogP contribution in [0.5, 0.6) is 11.6 Å². The van der Waals surface area contributed by atoms with Gasteiger partial charge in [0.15, 0.2) is 6.61 Å². The first-order valence-corrected chi connectivity index (χ1v) is 10.5. The molecule has 1 aliphatic heterocycles. The summed E-state index contributed by atoms with van der Waals surface area (Å²) in [5.41, 5.74) is 0.978. The summed E-state index contributed by atoms with van der Waals surface area (Å²) >= 11 is 0. The Labute approximate surface area is 194 Å². The third-order valence-electron chi connectivity index (χ3n) is 5.22. The summed E-state index contributed by atoms with van der Waals surface area (Å²) in [5.74, 6) is -0.554. The molecule has 0 saturated carbocycles. The minimum Gasteiger partial charge on any atom is -0.452 e. The number of esters is 1. The number of nitrogens with zero attached hydrogens (tertiary/aromatic N) is 5. The Balaban J connectivity index is 1.29. The molecule has 34 heavy (non-hydrogen) atoms. The molecule has 1 aliphatic rings.